The van der Waals surface area contributed by atoms with Crippen molar-refractivity contribution in [2.75, 3.05) is 0 Å². The Bertz CT molecular complexity index is 1510. The molecule has 0 fully saturated rings. The summed E-state index contributed by atoms with van der Waals surface area (Å²) in [4.78, 5) is 20.1. The highest BCUT2D eigenvalue weighted by Gasteiger charge is 2.14. The number of H-pyrrole nitrogens is 2. The molecular formula is C26H24N6O2. The predicted molar refractivity (Wildman–Crippen MR) is 131 cm³/mol. The monoisotopic (exact) mass is 452 g/mol. The summed E-state index contributed by atoms with van der Waals surface area (Å²) < 4.78 is 1.64. The average Bonchev–Trinajstić information content (AvgIpc) is 3.51. The Balaban J connectivity index is 1.37. The molecular weight excluding hydrogens is 428 g/mol. The largest absolute Gasteiger partial charge is 0.494 e. The minimum absolute atomic E-state index is 0.0469. The molecule has 2 aromatic carbocycles. The number of aromatic amines is 2. The quantitative estimate of drug-likeness (QED) is 0.251. The first kappa shape index (κ1) is 21.4. The number of fused-ring (bicyclic) bond motifs is 1. The van der Waals surface area contributed by atoms with Crippen LogP contribution in [0.4, 0.5) is 5.82 Å². The van der Waals surface area contributed by atoms with Crippen molar-refractivity contribution in [3.8, 4) is 5.88 Å². The summed E-state index contributed by atoms with van der Waals surface area (Å²) in [5, 5.41) is 22.2. The van der Waals surface area contributed by atoms with E-state index in [1.54, 1.807) is 30.2 Å². The van der Waals surface area contributed by atoms with E-state index >= 15 is 0 Å². The van der Waals surface area contributed by atoms with Crippen LogP contribution in [0.3, 0.4) is 0 Å². The van der Waals surface area contributed by atoms with Crippen LogP contribution < -0.4 is 0 Å². The van der Waals surface area contributed by atoms with Crippen molar-refractivity contribution in [3.63, 3.8) is 0 Å². The number of carbonyl (C=O) groups excluding carboxylic acids is 1. The molecule has 0 aliphatic rings. The van der Waals surface area contributed by atoms with E-state index in [0.29, 0.717) is 29.9 Å². The van der Waals surface area contributed by atoms with E-state index in [1.165, 1.54) is 0 Å². The molecule has 5 rings (SSSR count). The first-order valence-corrected chi connectivity index (χ1v) is 10.9. The van der Waals surface area contributed by atoms with Gasteiger partial charge in [-0.1, -0.05) is 30.3 Å². The second-order valence-electron chi connectivity index (χ2n) is 8.36. The van der Waals surface area contributed by atoms with E-state index in [4.69, 9.17) is 0 Å². The van der Waals surface area contributed by atoms with E-state index in [-0.39, 0.29) is 11.7 Å². The highest BCUT2D eigenvalue weighted by molar-refractivity contribution is 6.02. The third-order valence-corrected chi connectivity index (χ3v) is 5.75. The van der Waals surface area contributed by atoms with Crippen LogP contribution in [0.1, 0.15) is 38.4 Å². The zero-order valence-corrected chi connectivity index (χ0v) is 18.9. The SMILES string of the molecule is Cc1cc(C(=O)Cc2cccc(Cc3ccc4[nH]c(O)c(/C=N/c5ccn[nH]5)c4c3)c2)n(C)n1. The van der Waals surface area contributed by atoms with Crippen LogP contribution in [0.25, 0.3) is 10.9 Å². The van der Waals surface area contributed by atoms with Crippen LogP contribution in [-0.2, 0) is 19.9 Å². The number of aromatic hydroxyl groups is 1. The second-order valence-corrected chi connectivity index (χ2v) is 8.36. The van der Waals surface area contributed by atoms with E-state index in [1.807, 2.05) is 37.3 Å². The lowest BCUT2D eigenvalue weighted by Gasteiger charge is -2.07. The summed E-state index contributed by atoms with van der Waals surface area (Å²) in [5.41, 5.74) is 6.07. The molecule has 34 heavy (non-hydrogen) atoms. The first-order chi connectivity index (χ1) is 16.5. The number of hydrogen-bond donors (Lipinski definition) is 3. The molecule has 0 amide bonds. The summed E-state index contributed by atoms with van der Waals surface area (Å²) in [6.07, 6.45) is 4.27. The van der Waals surface area contributed by atoms with Gasteiger partial charge in [-0.2, -0.15) is 10.2 Å². The van der Waals surface area contributed by atoms with Crippen molar-refractivity contribution in [3.05, 3.63) is 94.4 Å². The predicted octanol–water partition coefficient (Wildman–Crippen LogP) is 4.41. The molecule has 5 aromatic rings. The maximum Gasteiger partial charge on any atom is 0.198 e. The highest BCUT2D eigenvalue weighted by atomic mass is 16.3. The normalized spacial score (nSPS) is 11.6. The third-order valence-electron chi connectivity index (χ3n) is 5.75. The van der Waals surface area contributed by atoms with Gasteiger partial charge in [0.15, 0.2) is 11.7 Å². The van der Waals surface area contributed by atoms with Crippen LogP contribution in [0.2, 0.25) is 0 Å². The Morgan fingerprint density at radius 1 is 1.12 bits per heavy atom. The van der Waals surface area contributed by atoms with Crippen molar-refractivity contribution in [1.82, 2.24) is 25.0 Å². The van der Waals surface area contributed by atoms with Gasteiger partial charge >= 0.3 is 0 Å². The van der Waals surface area contributed by atoms with Gasteiger partial charge in [0.2, 0.25) is 0 Å². The zero-order valence-electron chi connectivity index (χ0n) is 18.9. The fourth-order valence-electron chi connectivity index (χ4n) is 4.17. The van der Waals surface area contributed by atoms with Gasteiger partial charge in [0.05, 0.1) is 17.5 Å². The van der Waals surface area contributed by atoms with Crippen LogP contribution in [0.5, 0.6) is 5.88 Å². The average molecular weight is 453 g/mol. The van der Waals surface area contributed by atoms with Gasteiger partial charge in [-0.05, 0) is 48.2 Å². The topological polar surface area (TPSA) is 112 Å². The number of ketones is 1. The number of aromatic nitrogens is 5. The molecule has 3 heterocycles. The lowest BCUT2D eigenvalue weighted by Crippen LogP contribution is -2.09. The van der Waals surface area contributed by atoms with Gasteiger partial charge in [-0.15, -0.1) is 0 Å². The Morgan fingerprint density at radius 2 is 1.94 bits per heavy atom. The van der Waals surface area contributed by atoms with Crippen LogP contribution in [-0.4, -0.2) is 42.1 Å². The lowest BCUT2D eigenvalue weighted by molar-refractivity contribution is 0.0984. The number of hydrogen-bond acceptors (Lipinski definition) is 5. The number of Topliss-reactive ketones (excluding diaryl/α,β-unsaturated/α-hetero) is 1. The minimum atomic E-state index is 0.0469. The van der Waals surface area contributed by atoms with Gasteiger partial charge < -0.3 is 10.1 Å². The van der Waals surface area contributed by atoms with E-state index in [0.717, 1.165) is 33.3 Å². The van der Waals surface area contributed by atoms with Crippen LogP contribution in [0.15, 0.2) is 65.8 Å². The number of rotatable bonds is 7. The molecule has 0 unspecified atom stereocenters. The number of carbonyl (C=O) groups is 1. The van der Waals surface area contributed by atoms with E-state index in [9.17, 15) is 9.90 Å². The summed E-state index contributed by atoms with van der Waals surface area (Å²) >= 11 is 0. The molecule has 3 N–H and O–H groups in total. The van der Waals surface area contributed by atoms with Crippen molar-refractivity contribution in [2.45, 2.75) is 19.8 Å². The van der Waals surface area contributed by atoms with Crippen molar-refractivity contribution in [2.24, 2.45) is 12.0 Å². The molecule has 0 spiro atoms. The van der Waals surface area contributed by atoms with Gasteiger partial charge in [0, 0.05) is 36.7 Å². The van der Waals surface area contributed by atoms with Crippen LogP contribution >= 0.6 is 0 Å². The minimum Gasteiger partial charge on any atom is -0.494 e. The molecule has 0 saturated heterocycles. The summed E-state index contributed by atoms with van der Waals surface area (Å²) in [6, 6.07) is 17.7. The molecule has 0 saturated carbocycles. The Hall–Kier alpha value is -4.46. The number of nitrogens with one attached hydrogen (secondary N) is 2. The van der Waals surface area contributed by atoms with Crippen LogP contribution in [0, 0.1) is 6.92 Å². The second kappa shape index (κ2) is 8.82. The first-order valence-electron chi connectivity index (χ1n) is 10.9. The molecule has 0 atom stereocenters. The number of aryl methyl sites for hydroxylation is 2. The fourth-order valence-corrected chi connectivity index (χ4v) is 4.17. The van der Waals surface area contributed by atoms with E-state index in [2.05, 4.69) is 43.5 Å². The summed E-state index contributed by atoms with van der Waals surface area (Å²) in [6.45, 7) is 1.88. The lowest BCUT2D eigenvalue weighted by atomic mass is 9.99. The molecule has 0 aliphatic carbocycles. The van der Waals surface area contributed by atoms with E-state index < -0.39 is 0 Å². The maximum absolute atomic E-state index is 12.7. The molecule has 0 aliphatic heterocycles. The van der Waals surface area contributed by atoms with Gasteiger partial charge in [-0.25, -0.2) is 4.99 Å². The summed E-state index contributed by atoms with van der Waals surface area (Å²) in [7, 11) is 1.79. The Labute approximate surface area is 196 Å². The maximum atomic E-state index is 12.7. The third kappa shape index (κ3) is 4.38. The molecule has 8 heteroatoms. The molecule has 170 valence electrons. The number of benzene rings is 2. The van der Waals surface area contributed by atoms with Crippen molar-refractivity contribution < 1.29 is 9.90 Å². The number of nitrogens with zero attached hydrogens (tertiary/aromatic N) is 4. The van der Waals surface area contributed by atoms with Crippen molar-refractivity contribution in [1.29, 1.82) is 0 Å². The molecule has 0 radical (unpaired) electrons. The van der Waals surface area contributed by atoms with Gasteiger partial charge in [0.25, 0.3) is 0 Å². The fraction of sp³-hybridized carbons (Fsp3) is 0.154. The van der Waals surface area contributed by atoms with Crippen molar-refractivity contribution >= 4 is 28.7 Å². The molecule has 0 bridgehead atoms. The standard InChI is InChI=1S/C26H24N6O2/c1-16-10-23(32(2)31-16)24(33)14-18-5-3-4-17(11-18)12-19-6-7-22-20(13-19)21(26(34)29-22)15-27-25-8-9-28-30-25/h3-11,13,15,29,34H,12,14H2,1-2H3,(H,28,30)/b27-15+. The Kier molecular flexibility index (Phi) is 5.55. The zero-order chi connectivity index (χ0) is 23.7. The summed E-state index contributed by atoms with van der Waals surface area (Å²) in [5.74, 6) is 0.726. The van der Waals surface area contributed by atoms with Gasteiger partial charge in [0.1, 0.15) is 11.5 Å². The smallest absolute Gasteiger partial charge is 0.198 e. The number of aliphatic imine (C=N–C) groups is 1. The molecule has 8 nitrogen and oxygen atoms in total. The highest BCUT2D eigenvalue weighted by Crippen LogP contribution is 2.28. The molecule has 3 aromatic heterocycles. The van der Waals surface area contributed by atoms with Gasteiger partial charge in [-0.3, -0.25) is 14.6 Å². The Morgan fingerprint density at radius 3 is 2.71 bits per heavy atom.